The summed E-state index contributed by atoms with van der Waals surface area (Å²) in [6.07, 6.45) is 9.10. The minimum absolute atomic E-state index is 0.939. The fourth-order valence-corrected chi connectivity index (χ4v) is 2.27. The summed E-state index contributed by atoms with van der Waals surface area (Å²) in [6, 6.07) is 4.27. The van der Waals surface area contributed by atoms with Crippen molar-refractivity contribution in [1.29, 1.82) is 0 Å². The van der Waals surface area contributed by atoms with Crippen LogP contribution in [0.1, 0.15) is 24.8 Å². The van der Waals surface area contributed by atoms with Crippen LogP contribution in [0.15, 0.2) is 24.5 Å². The summed E-state index contributed by atoms with van der Waals surface area (Å²) in [5.74, 6) is 0.939. The molecule has 82 valence electrons. The third kappa shape index (κ3) is 3.31. The molecule has 0 radical (unpaired) electrons. The molecule has 1 aliphatic heterocycles. The Morgan fingerprint density at radius 2 is 1.93 bits per heavy atom. The first-order valence-corrected chi connectivity index (χ1v) is 5.92. The SMILES string of the molecule is CN1CCC(CCc2ccncc2)CC1. The summed E-state index contributed by atoms with van der Waals surface area (Å²) in [7, 11) is 2.22. The van der Waals surface area contributed by atoms with E-state index in [2.05, 4.69) is 29.1 Å². The number of rotatable bonds is 3. The molecule has 0 spiro atoms. The second-order valence-corrected chi connectivity index (χ2v) is 4.64. The zero-order valence-electron chi connectivity index (χ0n) is 9.52. The van der Waals surface area contributed by atoms with Crippen LogP contribution in [0.4, 0.5) is 0 Å². The van der Waals surface area contributed by atoms with Gasteiger partial charge < -0.3 is 4.90 Å². The fourth-order valence-electron chi connectivity index (χ4n) is 2.27. The maximum atomic E-state index is 4.04. The maximum absolute atomic E-state index is 4.04. The minimum atomic E-state index is 0.939. The van der Waals surface area contributed by atoms with Gasteiger partial charge in [0.2, 0.25) is 0 Å². The van der Waals surface area contributed by atoms with Crippen molar-refractivity contribution in [1.82, 2.24) is 9.88 Å². The zero-order valence-corrected chi connectivity index (χ0v) is 9.52. The predicted molar refractivity (Wildman–Crippen MR) is 62.8 cm³/mol. The van der Waals surface area contributed by atoms with Crippen LogP contribution in [-0.2, 0) is 6.42 Å². The highest BCUT2D eigenvalue weighted by molar-refractivity contribution is 5.09. The van der Waals surface area contributed by atoms with Crippen molar-refractivity contribution in [3.63, 3.8) is 0 Å². The topological polar surface area (TPSA) is 16.1 Å². The highest BCUT2D eigenvalue weighted by Gasteiger charge is 2.15. The molecule has 1 saturated heterocycles. The summed E-state index contributed by atoms with van der Waals surface area (Å²) in [5, 5.41) is 0. The minimum Gasteiger partial charge on any atom is -0.306 e. The van der Waals surface area contributed by atoms with Crippen molar-refractivity contribution >= 4 is 0 Å². The standard InChI is InChI=1S/C13H20N2/c1-15-10-6-13(7-11-15)3-2-12-4-8-14-9-5-12/h4-5,8-9,13H,2-3,6-7,10-11H2,1H3. The van der Waals surface area contributed by atoms with E-state index in [0.29, 0.717) is 0 Å². The number of pyridine rings is 1. The van der Waals surface area contributed by atoms with Gasteiger partial charge in [0.05, 0.1) is 0 Å². The van der Waals surface area contributed by atoms with Gasteiger partial charge in [-0.3, -0.25) is 4.98 Å². The van der Waals surface area contributed by atoms with E-state index in [1.807, 2.05) is 12.4 Å². The first kappa shape index (κ1) is 10.6. The summed E-state index contributed by atoms with van der Waals surface area (Å²) in [5.41, 5.74) is 1.43. The zero-order chi connectivity index (χ0) is 10.5. The lowest BCUT2D eigenvalue weighted by Crippen LogP contribution is -2.30. The highest BCUT2D eigenvalue weighted by Crippen LogP contribution is 2.21. The van der Waals surface area contributed by atoms with Gasteiger partial charge >= 0.3 is 0 Å². The quantitative estimate of drug-likeness (QED) is 0.751. The largest absolute Gasteiger partial charge is 0.306 e. The molecule has 0 aromatic carbocycles. The average Bonchev–Trinajstić information content (AvgIpc) is 2.30. The molecule has 2 rings (SSSR count). The Morgan fingerprint density at radius 3 is 2.60 bits per heavy atom. The Balaban J connectivity index is 1.74. The van der Waals surface area contributed by atoms with Crippen LogP contribution in [0.25, 0.3) is 0 Å². The molecule has 0 amide bonds. The molecule has 15 heavy (non-hydrogen) atoms. The Labute approximate surface area is 92.3 Å². The van der Waals surface area contributed by atoms with Crippen LogP contribution >= 0.6 is 0 Å². The summed E-state index contributed by atoms with van der Waals surface area (Å²) < 4.78 is 0. The smallest absolute Gasteiger partial charge is 0.0270 e. The number of piperidine rings is 1. The van der Waals surface area contributed by atoms with Crippen LogP contribution in [-0.4, -0.2) is 30.0 Å². The van der Waals surface area contributed by atoms with E-state index in [-0.39, 0.29) is 0 Å². The molecule has 0 saturated carbocycles. The van der Waals surface area contributed by atoms with Crippen molar-refractivity contribution in [3.05, 3.63) is 30.1 Å². The van der Waals surface area contributed by atoms with Gasteiger partial charge in [-0.05, 0) is 69.4 Å². The molecule has 1 aromatic rings. The molecule has 0 atom stereocenters. The Hall–Kier alpha value is -0.890. The molecule has 0 bridgehead atoms. The predicted octanol–water partition coefficient (Wildman–Crippen LogP) is 2.36. The van der Waals surface area contributed by atoms with Gasteiger partial charge in [0.1, 0.15) is 0 Å². The monoisotopic (exact) mass is 204 g/mol. The highest BCUT2D eigenvalue weighted by atomic mass is 15.1. The van der Waals surface area contributed by atoms with Crippen LogP contribution < -0.4 is 0 Å². The third-order valence-electron chi connectivity index (χ3n) is 3.43. The number of aromatic nitrogens is 1. The molecule has 1 aliphatic rings. The van der Waals surface area contributed by atoms with E-state index in [0.717, 1.165) is 5.92 Å². The molecule has 2 heterocycles. The molecule has 2 heteroatoms. The van der Waals surface area contributed by atoms with Gasteiger partial charge in [0.15, 0.2) is 0 Å². The third-order valence-corrected chi connectivity index (χ3v) is 3.43. The van der Waals surface area contributed by atoms with Crippen LogP contribution in [0.2, 0.25) is 0 Å². The lowest BCUT2D eigenvalue weighted by atomic mass is 9.91. The van der Waals surface area contributed by atoms with Gasteiger partial charge in [-0.2, -0.15) is 0 Å². The number of nitrogens with zero attached hydrogens (tertiary/aromatic N) is 2. The first-order valence-electron chi connectivity index (χ1n) is 5.92. The van der Waals surface area contributed by atoms with Crippen molar-refractivity contribution < 1.29 is 0 Å². The molecule has 0 aliphatic carbocycles. The second kappa shape index (κ2) is 5.26. The average molecular weight is 204 g/mol. The number of hydrogen-bond donors (Lipinski definition) is 0. The van der Waals surface area contributed by atoms with Gasteiger partial charge in [-0.25, -0.2) is 0 Å². The number of hydrogen-bond acceptors (Lipinski definition) is 2. The van der Waals surface area contributed by atoms with Gasteiger partial charge in [-0.1, -0.05) is 0 Å². The molecule has 1 fully saturated rings. The van der Waals surface area contributed by atoms with Gasteiger partial charge in [0.25, 0.3) is 0 Å². The van der Waals surface area contributed by atoms with E-state index in [1.54, 1.807) is 0 Å². The first-order chi connectivity index (χ1) is 7.34. The molecular formula is C13H20N2. The van der Waals surface area contributed by atoms with Crippen molar-refractivity contribution in [2.24, 2.45) is 5.92 Å². The molecular weight excluding hydrogens is 184 g/mol. The molecule has 2 nitrogen and oxygen atoms in total. The summed E-state index contributed by atoms with van der Waals surface area (Å²) in [4.78, 5) is 6.48. The summed E-state index contributed by atoms with van der Waals surface area (Å²) in [6.45, 7) is 2.56. The Bertz CT molecular complexity index is 276. The van der Waals surface area contributed by atoms with Crippen molar-refractivity contribution in [3.8, 4) is 0 Å². The van der Waals surface area contributed by atoms with E-state index >= 15 is 0 Å². The fraction of sp³-hybridized carbons (Fsp3) is 0.615. The van der Waals surface area contributed by atoms with E-state index in [9.17, 15) is 0 Å². The lowest BCUT2D eigenvalue weighted by Gasteiger charge is -2.28. The molecule has 1 aromatic heterocycles. The number of likely N-dealkylation sites (tertiary alicyclic amines) is 1. The van der Waals surface area contributed by atoms with Crippen LogP contribution in [0.3, 0.4) is 0 Å². The van der Waals surface area contributed by atoms with E-state index < -0.39 is 0 Å². The van der Waals surface area contributed by atoms with Crippen molar-refractivity contribution in [2.75, 3.05) is 20.1 Å². The van der Waals surface area contributed by atoms with Gasteiger partial charge in [0, 0.05) is 12.4 Å². The lowest BCUT2D eigenvalue weighted by molar-refractivity contribution is 0.212. The maximum Gasteiger partial charge on any atom is 0.0270 e. The van der Waals surface area contributed by atoms with Crippen molar-refractivity contribution in [2.45, 2.75) is 25.7 Å². The Morgan fingerprint density at radius 1 is 1.27 bits per heavy atom. The van der Waals surface area contributed by atoms with E-state index in [4.69, 9.17) is 0 Å². The van der Waals surface area contributed by atoms with E-state index in [1.165, 1.54) is 44.3 Å². The molecule has 0 N–H and O–H groups in total. The molecule has 0 unspecified atom stereocenters. The van der Waals surface area contributed by atoms with Crippen LogP contribution in [0.5, 0.6) is 0 Å². The summed E-state index contributed by atoms with van der Waals surface area (Å²) >= 11 is 0. The second-order valence-electron chi connectivity index (χ2n) is 4.64. The normalized spacial score (nSPS) is 19.3. The Kier molecular flexibility index (Phi) is 3.73. The van der Waals surface area contributed by atoms with Crippen LogP contribution in [0, 0.1) is 5.92 Å². The number of aryl methyl sites for hydroxylation is 1. The van der Waals surface area contributed by atoms with Gasteiger partial charge in [-0.15, -0.1) is 0 Å².